The summed E-state index contributed by atoms with van der Waals surface area (Å²) in [7, 11) is 0. The number of carbonyl (C=O) groups is 2. The van der Waals surface area contributed by atoms with Gasteiger partial charge in [0.25, 0.3) is 0 Å². The molecule has 5 atom stereocenters. The van der Waals surface area contributed by atoms with Crippen molar-refractivity contribution in [3.63, 3.8) is 0 Å². The van der Waals surface area contributed by atoms with Crippen molar-refractivity contribution in [1.82, 2.24) is 10.6 Å². The number of hydrogen-bond donors (Lipinski definition) is 5. The zero-order valence-electron chi connectivity index (χ0n) is 21.1. The second-order valence-corrected chi connectivity index (χ2v) is 11.9. The number of nitrogens with one attached hydrogen (secondary N) is 3. The molecule has 37 heavy (non-hydrogen) atoms. The maximum absolute atomic E-state index is 14.9. The van der Waals surface area contributed by atoms with Gasteiger partial charge < -0.3 is 26.8 Å². The predicted molar refractivity (Wildman–Crippen MR) is 143 cm³/mol. The van der Waals surface area contributed by atoms with Crippen molar-refractivity contribution in [1.29, 1.82) is 0 Å². The number of hydrogen-bond acceptors (Lipinski definition) is 5. The summed E-state index contributed by atoms with van der Waals surface area (Å²) in [5.74, 6) is -2.01. The van der Waals surface area contributed by atoms with Crippen molar-refractivity contribution in [2.45, 2.75) is 63.1 Å². The van der Waals surface area contributed by atoms with Crippen LogP contribution in [0.4, 0.5) is 10.1 Å². The minimum Gasteiger partial charge on any atom is -0.392 e. The van der Waals surface area contributed by atoms with Gasteiger partial charge in [-0.1, -0.05) is 56.1 Å². The van der Waals surface area contributed by atoms with E-state index in [1.54, 1.807) is 18.2 Å². The Morgan fingerprint density at radius 3 is 2.65 bits per heavy atom. The number of anilines is 1. The van der Waals surface area contributed by atoms with E-state index in [0.29, 0.717) is 34.7 Å². The average molecular weight is 551 g/mol. The lowest BCUT2D eigenvalue weighted by molar-refractivity contribution is -0.123. The Balaban J connectivity index is 1.89. The molecule has 4 rings (SSSR count). The van der Waals surface area contributed by atoms with Gasteiger partial charge in [0.05, 0.1) is 17.2 Å². The van der Waals surface area contributed by atoms with Crippen LogP contribution in [0, 0.1) is 11.2 Å². The molecule has 2 aliphatic rings. The molecule has 0 aromatic heterocycles. The van der Waals surface area contributed by atoms with Gasteiger partial charge in [0.2, 0.25) is 11.8 Å². The highest BCUT2D eigenvalue weighted by molar-refractivity contribution is 6.31. The van der Waals surface area contributed by atoms with E-state index in [9.17, 15) is 19.1 Å². The third-order valence-electron chi connectivity index (χ3n) is 7.24. The fourth-order valence-electron chi connectivity index (χ4n) is 5.72. The topological polar surface area (TPSA) is 116 Å². The van der Waals surface area contributed by atoms with Gasteiger partial charge in [-0.3, -0.25) is 9.59 Å². The molecular weight excluding hydrogens is 518 g/mol. The Bertz CT molecular complexity index is 1200. The highest BCUT2D eigenvalue weighted by Gasteiger charge is 2.65. The summed E-state index contributed by atoms with van der Waals surface area (Å²) in [5.41, 5.74) is 5.52. The lowest BCUT2D eigenvalue weighted by Crippen LogP contribution is -2.49. The predicted octanol–water partition coefficient (Wildman–Crippen LogP) is 3.71. The average Bonchev–Trinajstić information content (AvgIpc) is 3.28. The molecule has 0 bridgehead atoms. The number of nitrogens with two attached hydrogens (primary N) is 1. The third kappa shape index (κ3) is 5.22. The van der Waals surface area contributed by atoms with E-state index in [1.807, 2.05) is 6.07 Å². The van der Waals surface area contributed by atoms with Crippen LogP contribution in [-0.4, -0.2) is 48.2 Å². The Labute approximate surface area is 226 Å². The van der Waals surface area contributed by atoms with Crippen LogP contribution in [-0.2, 0) is 15.0 Å². The monoisotopic (exact) mass is 550 g/mol. The van der Waals surface area contributed by atoms with Crippen molar-refractivity contribution >= 4 is 40.7 Å². The van der Waals surface area contributed by atoms with Crippen molar-refractivity contribution in [2.24, 2.45) is 11.1 Å². The number of carbonyl (C=O) groups excluding carboxylic acids is 2. The van der Waals surface area contributed by atoms with E-state index in [4.69, 9.17) is 28.9 Å². The van der Waals surface area contributed by atoms with Gasteiger partial charge in [0.1, 0.15) is 11.2 Å². The molecule has 0 aliphatic carbocycles. The van der Waals surface area contributed by atoms with Gasteiger partial charge in [-0.25, -0.2) is 4.39 Å². The molecule has 0 saturated carbocycles. The Morgan fingerprint density at radius 1 is 1.27 bits per heavy atom. The van der Waals surface area contributed by atoms with Crippen molar-refractivity contribution in [3.05, 3.63) is 63.4 Å². The van der Waals surface area contributed by atoms with Gasteiger partial charge in [0, 0.05) is 35.8 Å². The SMILES string of the molecule is CC(C)(C)C[C@H]1N[C@@H](C(=O)NCC[C@H](O)CN)[C@H](c2cccc(Cl)c2)[C@@]12C(=O)Nc1cc(Cl)c(F)cc12. The van der Waals surface area contributed by atoms with Gasteiger partial charge >= 0.3 is 0 Å². The summed E-state index contributed by atoms with van der Waals surface area (Å²) in [6.45, 7) is 6.45. The molecule has 2 heterocycles. The van der Waals surface area contributed by atoms with Crippen LogP contribution in [0.2, 0.25) is 10.0 Å². The first-order valence-corrected chi connectivity index (χ1v) is 13.1. The molecule has 2 amide bonds. The summed E-state index contributed by atoms with van der Waals surface area (Å²) in [6.07, 6.45) is 0.0813. The number of rotatable bonds is 7. The molecule has 0 unspecified atom stereocenters. The van der Waals surface area contributed by atoms with Crippen LogP contribution >= 0.6 is 23.2 Å². The zero-order chi connectivity index (χ0) is 27.1. The highest BCUT2D eigenvalue weighted by Crippen LogP contribution is 2.57. The van der Waals surface area contributed by atoms with Crippen LogP contribution in [0.25, 0.3) is 0 Å². The normalized spacial score (nSPS) is 25.7. The molecule has 1 saturated heterocycles. The van der Waals surface area contributed by atoms with Crippen LogP contribution in [0.5, 0.6) is 0 Å². The number of fused-ring (bicyclic) bond motifs is 2. The molecule has 200 valence electrons. The maximum atomic E-state index is 14.9. The van der Waals surface area contributed by atoms with Gasteiger partial charge in [-0.05, 0) is 53.6 Å². The van der Waals surface area contributed by atoms with Crippen LogP contribution < -0.4 is 21.7 Å². The number of aliphatic hydroxyl groups is 1. The standard InChI is InChI=1S/C27H33Cl2FN4O3/c1-26(2,3)12-21-27(17-10-19(30)18(29)11-20(17)33-25(27)37)22(14-5-4-6-15(28)9-14)23(34-21)24(36)32-8-7-16(35)13-31/h4-6,9-11,16,21-23,34-35H,7-8,12-13,31H2,1-3H3,(H,32,36)(H,33,37)/t16-,21+,22-,23+,27-/m0/s1. The summed E-state index contributed by atoms with van der Waals surface area (Å²) in [5, 5.41) is 19.4. The van der Waals surface area contributed by atoms with E-state index in [2.05, 4.69) is 36.7 Å². The lowest BCUT2D eigenvalue weighted by Gasteiger charge is -2.37. The van der Waals surface area contributed by atoms with E-state index in [-0.39, 0.29) is 35.3 Å². The number of aliphatic hydroxyl groups excluding tert-OH is 1. The first-order chi connectivity index (χ1) is 17.4. The van der Waals surface area contributed by atoms with E-state index in [1.165, 1.54) is 12.1 Å². The molecule has 7 nitrogen and oxygen atoms in total. The van der Waals surface area contributed by atoms with Crippen molar-refractivity contribution in [3.8, 4) is 0 Å². The zero-order valence-corrected chi connectivity index (χ0v) is 22.6. The number of benzene rings is 2. The minimum atomic E-state index is -1.31. The van der Waals surface area contributed by atoms with Crippen molar-refractivity contribution in [2.75, 3.05) is 18.4 Å². The molecule has 6 N–H and O–H groups in total. The Hall–Kier alpha value is -2.23. The molecule has 2 aromatic carbocycles. The van der Waals surface area contributed by atoms with Gasteiger partial charge in [-0.15, -0.1) is 0 Å². The van der Waals surface area contributed by atoms with Gasteiger partial charge in [0.15, 0.2) is 0 Å². The van der Waals surface area contributed by atoms with Crippen molar-refractivity contribution < 1.29 is 19.1 Å². The van der Waals surface area contributed by atoms with Crippen LogP contribution in [0.3, 0.4) is 0 Å². The first kappa shape index (κ1) is 27.8. The van der Waals surface area contributed by atoms with E-state index >= 15 is 0 Å². The largest absolute Gasteiger partial charge is 0.392 e. The highest BCUT2D eigenvalue weighted by atomic mass is 35.5. The molecule has 1 spiro atoms. The lowest BCUT2D eigenvalue weighted by atomic mass is 9.62. The van der Waals surface area contributed by atoms with E-state index < -0.39 is 35.3 Å². The molecular formula is C27H33Cl2FN4O3. The summed E-state index contributed by atoms with van der Waals surface area (Å²) >= 11 is 12.4. The Morgan fingerprint density at radius 2 is 2.00 bits per heavy atom. The van der Waals surface area contributed by atoms with Gasteiger partial charge in [-0.2, -0.15) is 0 Å². The summed E-state index contributed by atoms with van der Waals surface area (Å²) in [6, 6.07) is 8.44. The quantitative estimate of drug-likeness (QED) is 0.360. The smallest absolute Gasteiger partial charge is 0.237 e. The summed E-state index contributed by atoms with van der Waals surface area (Å²) in [4.78, 5) is 27.7. The second kappa shape index (κ2) is 10.5. The molecule has 1 fully saturated rings. The minimum absolute atomic E-state index is 0.0878. The van der Waals surface area contributed by atoms with Crippen LogP contribution in [0.1, 0.15) is 50.7 Å². The molecule has 2 aromatic rings. The van der Waals surface area contributed by atoms with Crippen LogP contribution in [0.15, 0.2) is 36.4 Å². The third-order valence-corrected chi connectivity index (χ3v) is 7.76. The molecule has 0 radical (unpaired) electrons. The number of halogens is 3. The fourth-order valence-corrected chi connectivity index (χ4v) is 6.09. The second-order valence-electron chi connectivity index (χ2n) is 11.1. The summed E-state index contributed by atoms with van der Waals surface area (Å²) < 4.78 is 14.9. The number of amides is 2. The maximum Gasteiger partial charge on any atom is 0.237 e. The molecule has 2 aliphatic heterocycles. The Kier molecular flexibility index (Phi) is 7.89. The molecule has 10 heteroatoms. The first-order valence-electron chi connectivity index (χ1n) is 12.4. The van der Waals surface area contributed by atoms with E-state index in [0.717, 1.165) is 0 Å². The fraction of sp³-hybridized carbons (Fsp3) is 0.481.